The molecule has 0 unspecified atom stereocenters. The van der Waals surface area contributed by atoms with Gasteiger partial charge in [0.1, 0.15) is 0 Å². The van der Waals surface area contributed by atoms with Crippen molar-refractivity contribution in [2.75, 3.05) is 7.11 Å². The highest BCUT2D eigenvalue weighted by atomic mass is 16.5. The minimum atomic E-state index is -0.276. The molecule has 84 valence electrons. The van der Waals surface area contributed by atoms with E-state index in [1.54, 1.807) is 6.08 Å². The molecule has 0 radical (unpaired) electrons. The van der Waals surface area contributed by atoms with Gasteiger partial charge < -0.3 is 4.74 Å². The van der Waals surface area contributed by atoms with Crippen LogP contribution in [0.25, 0.3) is 0 Å². The van der Waals surface area contributed by atoms with Gasteiger partial charge in [0.25, 0.3) is 0 Å². The van der Waals surface area contributed by atoms with Crippen LogP contribution in [0.15, 0.2) is 54.1 Å². The fourth-order valence-corrected chi connectivity index (χ4v) is 1.36. The van der Waals surface area contributed by atoms with E-state index in [0.29, 0.717) is 12.0 Å². The number of allylic oxidation sites excluding steroid dienone is 3. The number of carbonyl (C=O) groups is 1. The second kappa shape index (κ2) is 6.62. The van der Waals surface area contributed by atoms with Gasteiger partial charge in [-0.2, -0.15) is 0 Å². The number of carbonyl (C=O) groups excluding carboxylic acids is 1. The summed E-state index contributed by atoms with van der Waals surface area (Å²) in [5.74, 6) is -0.276. The van der Waals surface area contributed by atoms with Gasteiger partial charge in [0.2, 0.25) is 0 Å². The molecular weight excluding hydrogens is 200 g/mol. The Hall–Kier alpha value is -1.83. The number of hydrogen-bond donors (Lipinski definition) is 0. The van der Waals surface area contributed by atoms with Gasteiger partial charge in [-0.3, -0.25) is 0 Å². The van der Waals surface area contributed by atoms with Crippen molar-refractivity contribution in [2.24, 2.45) is 0 Å². The molecule has 0 bridgehead atoms. The van der Waals surface area contributed by atoms with Crippen LogP contribution in [0.4, 0.5) is 0 Å². The second-order valence-electron chi connectivity index (χ2n) is 3.37. The Morgan fingerprint density at radius 1 is 1.31 bits per heavy atom. The molecule has 0 aromatic heterocycles. The molecule has 0 fully saturated rings. The van der Waals surface area contributed by atoms with Crippen molar-refractivity contribution in [3.05, 3.63) is 59.7 Å². The molecule has 0 aliphatic carbocycles. The Kier molecular flexibility index (Phi) is 5.06. The molecule has 0 spiro atoms. The summed E-state index contributed by atoms with van der Waals surface area (Å²) >= 11 is 0. The van der Waals surface area contributed by atoms with Crippen molar-refractivity contribution in [1.29, 1.82) is 0 Å². The van der Waals surface area contributed by atoms with Crippen LogP contribution in [0.5, 0.6) is 0 Å². The van der Waals surface area contributed by atoms with Crippen molar-refractivity contribution in [2.45, 2.75) is 13.3 Å². The van der Waals surface area contributed by atoms with Gasteiger partial charge in [-0.25, -0.2) is 4.79 Å². The lowest BCUT2D eigenvalue weighted by atomic mass is 10.0. The first-order valence-corrected chi connectivity index (χ1v) is 5.22. The SMILES string of the molecule is C/C=C/C=C(/Cc1ccccc1)C(=O)OC. The highest BCUT2D eigenvalue weighted by Gasteiger charge is 2.08. The number of esters is 1. The fourth-order valence-electron chi connectivity index (χ4n) is 1.36. The van der Waals surface area contributed by atoms with Crippen molar-refractivity contribution in [3.63, 3.8) is 0 Å². The zero-order valence-electron chi connectivity index (χ0n) is 9.64. The number of benzene rings is 1. The summed E-state index contributed by atoms with van der Waals surface area (Å²) in [6.07, 6.45) is 6.11. The van der Waals surface area contributed by atoms with Crippen LogP contribution >= 0.6 is 0 Å². The number of ether oxygens (including phenoxy) is 1. The Balaban J connectivity index is 2.83. The first kappa shape index (κ1) is 12.2. The Bertz CT molecular complexity index is 388. The molecule has 0 saturated heterocycles. The molecule has 0 atom stereocenters. The molecule has 2 nitrogen and oxygen atoms in total. The quantitative estimate of drug-likeness (QED) is 0.439. The Labute approximate surface area is 96.2 Å². The largest absolute Gasteiger partial charge is 0.466 e. The third-order valence-corrected chi connectivity index (χ3v) is 2.17. The predicted octanol–water partition coefficient (Wildman–Crippen LogP) is 2.90. The summed E-state index contributed by atoms with van der Waals surface area (Å²) in [6.45, 7) is 1.91. The molecule has 2 heteroatoms. The van der Waals surface area contributed by atoms with Crippen molar-refractivity contribution in [3.8, 4) is 0 Å². The standard InChI is InChI=1S/C14H16O2/c1-3-4-10-13(14(15)16-2)11-12-8-6-5-7-9-12/h3-10H,11H2,1-2H3/b4-3+,13-10-. The third-order valence-electron chi connectivity index (χ3n) is 2.17. The average Bonchev–Trinajstić information content (AvgIpc) is 2.34. The molecular formula is C14H16O2. The molecule has 0 N–H and O–H groups in total. The molecule has 0 heterocycles. The number of methoxy groups -OCH3 is 1. The summed E-state index contributed by atoms with van der Waals surface area (Å²) in [5.41, 5.74) is 1.76. The first-order valence-electron chi connectivity index (χ1n) is 5.22. The van der Waals surface area contributed by atoms with Crippen molar-refractivity contribution >= 4 is 5.97 Å². The van der Waals surface area contributed by atoms with E-state index in [4.69, 9.17) is 4.74 Å². The lowest BCUT2D eigenvalue weighted by Gasteiger charge is -2.04. The lowest BCUT2D eigenvalue weighted by molar-refractivity contribution is -0.136. The van der Waals surface area contributed by atoms with E-state index in [0.717, 1.165) is 5.56 Å². The minimum absolute atomic E-state index is 0.276. The van der Waals surface area contributed by atoms with E-state index >= 15 is 0 Å². The summed E-state index contributed by atoms with van der Waals surface area (Å²) in [6, 6.07) is 9.86. The Morgan fingerprint density at radius 3 is 2.56 bits per heavy atom. The van der Waals surface area contributed by atoms with Crippen LogP contribution in [0.1, 0.15) is 12.5 Å². The molecule has 0 aliphatic heterocycles. The first-order chi connectivity index (χ1) is 7.77. The summed E-state index contributed by atoms with van der Waals surface area (Å²) in [5, 5.41) is 0. The van der Waals surface area contributed by atoms with Crippen LogP contribution in [-0.2, 0) is 16.0 Å². The summed E-state index contributed by atoms with van der Waals surface area (Å²) < 4.78 is 4.74. The predicted molar refractivity (Wildman–Crippen MR) is 65.1 cm³/mol. The lowest BCUT2D eigenvalue weighted by Crippen LogP contribution is -2.07. The van der Waals surface area contributed by atoms with E-state index in [1.165, 1.54) is 7.11 Å². The Morgan fingerprint density at radius 2 is 2.00 bits per heavy atom. The highest BCUT2D eigenvalue weighted by molar-refractivity contribution is 5.89. The smallest absolute Gasteiger partial charge is 0.334 e. The molecule has 16 heavy (non-hydrogen) atoms. The fraction of sp³-hybridized carbons (Fsp3) is 0.214. The van der Waals surface area contributed by atoms with E-state index in [9.17, 15) is 4.79 Å². The van der Waals surface area contributed by atoms with Crippen molar-refractivity contribution < 1.29 is 9.53 Å². The van der Waals surface area contributed by atoms with Crippen LogP contribution in [-0.4, -0.2) is 13.1 Å². The van der Waals surface area contributed by atoms with Gasteiger partial charge in [-0.15, -0.1) is 0 Å². The highest BCUT2D eigenvalue weighted by Crippen LogP contribution is 2.09. The van der Waals surface area contributed by atoms with Crippen LogP contribution in [0.3, 0.4) is 0 Å². The van der Waals surface area contributed by atoms with Gasteiger partial charge in [0.15, 0.2) is 0 Å². The molecule has 1 aromatic rings. The maximum Gasteiger partial charge on any atom is 0.334 e. The van der Waals surface area contributed by atoms with Gasteiger partial charge in [0, 0.05) is 12.0 Å². The van der Waals surface area contributed by atoms with Gasteiger partial charge >= 0.3 is 5.97 Å². The normalized spacial score (nSPS) is 11.8. The molecule has 0 saturated carbocycles. The van der Waals surface area contributed by atoms with E-state index in [1.807, 2.05) is 49.4 Å². The van der Waals surface area contributed by atoms with Gasteiger partial charge in [0.05, 0.1) is 7.11 Å². The van der Waals surface area contributed by atoms with Crippen LogP contribution < -0.4 is 0 Å². The van der Waals surface area contributed by atoms with Gasteiger partial charge in [-0.05, 0) is 12.5 Å². The maximum atomic E-state index is 11.5. The van der Waals surface area contributed by atoms with Gasteiger partial charge in [-0.1, -0.05) is 48.6 Å². The molecule has 1 aromatic carbocycles. The monoisotopic (exact) mass is 216 g/mol. The van der Waals surface area contributed by atoms with E-state index in [2.05, 4.69) is 0 Å². The average molecular weight is 216 g/mol. The minimum Gasteiger partial charge on any atom is -0.466 e. The molecule has 0 amide bonds. The molecule has 0 aliphatic rings. The van der Waals surface area contributed by atoms with E-state index in [-0.39, 0.29) is 5.97 Å². The third kappa shape index (κ3) is 3.73. The van der Waals surface area contributed by atoms with Crippen LogP contribution in [0, 0.1) is 0 Å². The second-order valence-corrected chi connectivity index (χ2v) is 3.37. The maximum absolute atomic E-state index is 11.5. The number of rotatable bonds is 4. The van der Waals surface area contributed by atoms with Crippen LogP contribution in [0.2, 0.25) is 0 Å². The zero-order valence-corrected chi connectivity index (χ0v) is 9.64. The zero-order chi connectivity index (χ0) is 11.8. The van der Waals surface area contributed by atoms with E-state index < -0.39 is 0 Å². The number of hydrogen-bond acceptors (Lipinski definition) is 2. The summed E-state index contributed by atoms with van der Waals surface area (Å²) in [7, 11) is 1.40. The van der Waals surface area contributed by atoms with Crippen molar-refractivity contribution in [1.82, 2.24) is 0 Å². The molecule has 1 rings (SSSR count). The topological polar surface area (TPSA) is 26.3 Å². The summed E-state index contributed by atoms with van der Waals surface area (Å²) in [4.78, 5) is 11.5.